The molecule has 3 aliphatic heterocycles. The lowest BCUT2D eigenvalue weighted by atomic mass is 10.1. The normalized spacial score (nSPS) is 20.1. The molecular formula is C18H21N5O. The molecule has 0 aromatic carbocycles. The van der Waals surface area contributed by atoms with E-state index < -0.39 is 0 Å². The van der Waals surface area contributed by atoms with Gasteiger partial charge in [0.1, 0.15) is 5.84 Å². The number of nitrogens with zero attached hydrogens (tertiary/aromatic N) is 4. The van der Waals surface area contributed by atoms with Crippen LogP contribution in [0, 0.1) is 0 Å². The maximum absolute atomic E-state index is 5.11. The van der Waals surface area contributed by atoms with Crippen molar-refractivity contribution in [3.8, 4) is 5.88 Å². The summed E-state index contributed by atoms with van der Waals surface area (Å²) in [5.74, 6) is 1.59. The topological polar surface area (TPSA) is 53.0 Å². The van der Waals surface area contributed by atoms with E-state index >= 15 is 0 Å². The van der Waals surface area contributed by atoms with Crippen molar-refractivity contribution in [1.29, 1.82) is 0 Å². The molecule has 1 N–H and O–H groups in total. The molecule has 4 rings (SSSR count). The number of hydrogen-bond donors (Lipinski definition) is 1. The van der Waals surface area contributed by atoms with Gasteiger partial charge < -0.3 is 19.9 Å². The maximum atomic E-state index is 5.11. The van der Waals surface area contributed by atoms with Crippen LogP contribution < -0.4 is 10.1 Å². The Morgan fingerprint density at radius 2 is 2.04 bits per heavy atom. The molecule has 1 fully saturated rings. The molecule has 4 heterocycles. The number of nitrogens with one attached hydrogen (secondary N) is 1. The molecule has 0 aliphatic carbocycles. The summed E-state index contributed by atoms with van der Waals surface area (Å²) >= 11 is 0. The van der Waals surface area contributed by atoms with Crippen LogP contribution in [0.3, 0.4) is 0 Å². The lowest BCUT2D eigenvalue weighted by molar-refractivity contribution is 0.302. The van der Waals surface area contributed by atoms with E-state index in [-0.39, 0.29) is 0 Å². The standard InChI is InChI=1S/C18H21N5O/c1-24-18-5-2-14(12-20-18)16-6-9-23-13-15(3-4-17(23)21-16)22-10-7-19-8-11-22/h2-6,12-13,19H,7-11H2,1H3. The lowest BCUT2D eigenvalue weighted by Crippen LogP contribution is -2.44. The van der Waals surface area contributed by atoms with Crippen LogP contribution in [0.1, 0.15) is 5.56 Å². The Labute approximate surface area is 141 Å². The molecular weight excluding hydrogens is 302 g/mol. The van der Waals surface area contributed by atoms with Crippen molar-refractivity contribution in [3.05, 3.63) is 54.0 Å². The van der Waals surface area contributed by atoms with Crippen molar-refractivity contribution in [2.75, 3.05) is 39.8 Å². The molecule has 0 amide bonds. The monoisotopic (exact) mass is 323 g/mol. The van der Waals surface area contributed by atoms with Gasteiger partial charge in [0, 0.05) is 56.8 Å². The fourth-order valence-electron chi connectivity index (χ4n) is 3.07. The SMILES string of the molecule is COc1ccc(C2=CCN3C=C(N4CCNCC4)C=CC3=N2)cn1. The molecule has 1 aromatic rings. The minimum absolute atomic E-state index is 0.616. The summed E-state index contributed by atoms with van der Waals surface area (Å²) in [5.41, 5.74) is 3.23. The number of aromatic nitrogens is 1. The fourth-order valence-corrected chi connectivity index (χ4v) is 3.07. The predicted molar refractivity (Wildman–Crippen MR) is 94.6 cm³/mol. The molecule has 1 saturated heterocycles. The van der Waals surface area contributed by atoms with E-state index in [1.165, 1.54) is 5.70 Å². The number of aliphatic imine (C=N–C) groups is 1. The molecule has 3 aliphatic rings. The third-order valence-corrected chi connectivity index (χ3v) is 4.43. The van der Waals surface area contributed by atoms with Crippen molar-refractivity contribution >= 4 is 11.5 Å². The number of rotatable bonds is 3. The molecule has 1 aromatic heterocycles. The molecule has 0 saturated carbocycles. The molecule has 24 heavy (non-hydrogen) atoms. The molecule has 0 unspecified atom stereocenters. The minimum Gasteiger partial charge on any atom is -0.481 e. The number of hydrogen-bond acceptors (Lipinski definition) is 6. The predicted octanol–water partition coefficient (Wildman–Crippen LogP) is 1.46. The highest BCUT2D eigenvalue weighted by Gasteiger charge is 2.20. The molecule has 6 nitrogen and oxygen atoms in total. The van der Waals surface area contributed by atoms with E-state index in [4.69, 9.17) is 9.73 Å². The molecule has 0 spiro atoms. The van der Waals surface area contributed by atoms with Crippen molar-refractivity contribution in [2.24, 2.45) is 4.99 Å². The number of ether oxygens (including phenoxy) is 1. The van der Waals surface area contributed by atoms with Gasteiger partial charge >= 0.3 is 0 Å². The Morgan fingerprint density at radius 3 is 2.79 bits per heavy atom. The molecule has 0 radical (unpaired) electrons. The second-order valence-electron chi connectivity index (χ2n) is 5.93. The third-order valence-electron chi connectivity index (χ3n) is 4.43. The van der Waals surface area contributed by atoms with Gasteiger partial charge in [0.15, 0.2) is 0 Å². The summed E-state index contributed by atoms with van der Waals surface area (Å²) in [4.78, 5) is 13.6. The summed E-state index contributed by atoms with van der Waals surface area (Å²) in [6, 6.07) is 3.85. The van der Waals surface area contributed by atoms with Gasteiger partial charge in [0.25, 0.3) is 0 Å². The van der Waals surface area contributed by atoms with Crippen LogP contribution in [-0.4, -0.2) is 60.5 Å². The second kappa shape index (κ2) is 6.49. The zero-order chi connectivity index (χ0) is 16.4. The average Bonchev–Trinajstić information content (AvgIpc) is 2.68. The Hall–Kier alpha value is -2.60. The van der Waals surface area contributed by atoms with Crippen LogP contribution in [0.5, 0.6) is 5.88 Å². The Morgan fingerprint density at radius 1 is 1.17 bits per heavy atom. The third kappa shape index (κ3) is 2.92. The number of allylic oxidation sites excluding steroid dienone is 1. The van der Waals surface area contributed by atoms with Gasteiger partial charge in [-0.3, -0.25) is 0 Å². The molecule has 0 atom stereocenters. The zero-order valence-electron chi connectivity index (χ0n) is 13.8. The highest BCUT2D eigenvalue weighted by Crippen LogP contribution is 2.24. The highest BCUT2D eigenvalue weighted by molar-refractivity contribution is 6.00. The van der Waals surface area contributed by atoms with Gasteiger partial charge in [-0.15, -0.1) is 0 Å². The van der Waals surface area contributed by atoms with Crippen LogP contribution in [0.25, 0.3) is 5.70 Å². The average molecular weight is 323 g/mol. The van der Waals surface area contributed by atoms with Gasteiger partial charge in [-0.25, -0.2) is 9.98 Å². The first kappa shape index (κ1) is 15.0. The highest BCUT2D eigenvalue weighted by atomic mass is 16.5. The van der Waals surface area contributed by atoms with E-state index in [1.54, 1.807) is 13.3 Å². The Kier molecular flexibility index (Phi) is 4.04. The van der Waals surface area contributed by atoms with Crippen molar-refractivity contribution in [2.45, 2.75) is 0 Å². The van der Waals surface area contributed by atoms with Gasteiger partial charge in [0.05, 0.1) is 18.5 Å². The van der Waals surface area contributed by atoms with Crippen molar-refractivity contribution in [3.63, 3.8) is 0 Å². The lowest BCUT2D eigenvalue weighted by Gasteiger charge is -2.34. The molecule has 6 heteroatoms. The van der Waals surface area contributed by atoms with Gasteiger partial charge in [-0.05, 0) is 24.3 Å². The number of piperazine rings is 1. The Balaban J connectivity index is 1.51. The van der Waals surface area contributed by atoms with Crippen LogP contribution >= 0.6 is 0 Å². The van der Waals surface area contributed by atoms with Crippen LogP contribution in [-0.2, 0) is 0 Å². The number of fused-ring (bicyclic) bond motifs is 1. The summed E-state index contributed by atoms with van der Waals surface area (Å²) in [5, 5.41) is 3.39. The summed E-state index contributed by atoms with van der Waals surface area (Å²) in [6.07, 6.45) is 10.4. The zero-order valence-corrected chi connectivity index (χ0v) is 13.8. The molecule has 124 valence electrons. The summed E-state index contributed by atoms with van der Waals surface area (Å²) in [6.45, 7) is 5.01. The van der Waals surface area contributed by atoms with Crippen molar-refractivity contribution in [1.82, 2.24) is 20.1 Å². The number of pyridine rings is 1. The van der Waals surface area contributed by atoms with Crippen LogP contribution in [0.15, 0.2) is 53.4 Å². The quantitative estimate of drug-likeness (QED) is 0.913. The maximum Gasteiger partial charge on any atom is 0.212 e. The van der Waals surface area contributed by atoms with Crippen LogP contribution in [0.2, 0.25) is 0 Å². The minimum atomic E-state index is 0.616. The smallest absolute Gasteiger partial charge is 0.212 e. The van der Waals surface area contributed by atoms with Gasteiger partial charge in [-0.1, -0.05) is 0 Å². The van der Waals surface area contributed by atoms with Crippen molar-refractivity contribution < 1.29 is 4.74 Å². The molecule has 0 bridgehead atoms. The van der Waals surface area contributed by atoms with E-state index in [0.29, 0.717) is 5.88 Å². The van der Waals surface area contributed by atoms with Gasteiger partial charge in [-0.2, -0.15) is 0 Å². The van der Waals surface area contributed by atoms with Gasteiger partial charge in [0.2, 0.25) is 5.88 Å². The fraction of sp³-hybridized carbons (Fsp3) is 0.333. The number of amidine groups is 1. The summed E-state index contributed by atoms with van der Waals surface area (Å²) in [7, 11) is 1.62. The van der Waals surface area contributed by atoms with E-state index in [9.17, 15) is 0 Å². The Bertz CT molecular complexity index is 726. The largest absolute Gasteiger partial charge is 0.481 e. The number of methoxy groups -OCH3 is 1. The summed E-state index contributed by atoms with van der Waals surface area (Å²) < 4.78 is 5.11. The second-order valence-corrected chi connectivity index (χ2v) is 5.93. The van der Waals surface area contributed by atoms with E-state index in [0.717, 1.165) is 49.8 Å². The van der Waals surface area contributed by atoms with Crippen LogP contribution in [0.4, 0.5) is 0 Å². The van der Waals surface area contributed by atoms with E-state index in [1.807, 2.05) is 12.1 Å². The first-order valence-corrected chi connectivity index (χ1v) is 8.25. The first-order chi connectivity index (χ1) is 11.8. The first-order valence-electron chi connectivity index (χ1n) is 8.25. The van der Waals surface area contributed by atoms with E-state index in [2.05, 4.69) is 44.5 Å².